The van der Waals surface area contributed by atoms with Crippen molar-refractivity contribution in [1.82, 2.24) is 25.1 Å². The second-order valence-corrected chi connectivity index (χ2v) is 7.54. The summed E-state index contributed by atoms with van der Waals surface area (Å²) in [6.45, 7) is 0.872. The molecule has 28 heavy (non-hydrogen) atoms. The summed E-state index contributed by atoms with van der Waals surface area (Å²) >= 11 is 0. The minimum Gasteiger partial charge on any atom is -0.497 e. The highest BCUT2D eigenvalue weighted by Gasteiger charge is 2.40. The van der Waals surface area contributed by atoms with Gasteiger partial charge in [0.15, 0.2) is 0 Å². The van der Waals surface area contributed by atoms with Crippen LogP contribution in [0, 0.1) is 5.92 Å². The number of aromatic nitrogens is 4. The largest absolute Gasteiger partial charge is 0.497 e. The number of tetrazole rings is 1. The van der Waals surface area contributed by atoms with Crippen molar-refractivity contribution in [1.29, 1.82) is 0 Å². The van der Waals surface area contributed by atoms with E-state index in [1.54, 1.807) is 18.1 Å². The number of methoxy groups -OCH3 is 1. The maximum atomic E-state index is 13.3. The van der Waals surface area contributed by atoms with E-state index in [0.29, 0.717) is 17.5 Å². The number of benzene rings is 2. The number of amides is 1. The molecule has 1 saturated heterocycles. The van der Waals surface area contributed by atoms with Crippen LogP contribution in [-0.4, -0.2) is 50.7 Å². The summed E-state index contributed by atoms with van der Waals surface area (Å²) in [6.07, 6.45) is 5.05. The molecule has 2 atom stereocenters. The van der Waals surface area contributed by atoms with Gasteiger partial charge in [-0.1, -0.05) is 12.1 Å². The lowest BCUT2D eigenvalue weighted by molar-refractivity contribution is 0.0703. The molecule has 1 aliphatic carbocycles. The van der Waals surface area contributed by atoms with Gasteiger partial charge in [-0.15, -0.1) is 5.10 Å². The molecule has 1 saturated carbocycles. The molecule has 3 aromatic rings. The zero-order valence-electron chi connectivity index (χ0n) is 15.7. The zero-order chi connectivity index (χ0) is 19.1. The summed E-state index contributed by atoms with van der Waals surface area (Å²) < 4.78 is 6.84. The van der Waals surface area contributed by atoms with Gasteiger partial charge in [-0.25, -0.2) is 4.68 Å². The van der Waals surface area contributed by atoms with Gasteiger partial charge in [0, 0.05) is 18.2 Å². The predicted octanol–water partition coefficient (Wildman–Crippen LogP) is 2.96. The van der Waals surface area contributed by atoms with Crippen LogP contribution >= 0.6 is 0 Å². The molecule has 2 unspecified atom stereocenters. The van der Waals surface area contributed by atoms with Gasteiger partial charge < -0.3 is 9.64 Å². The van der Waals surface area contributed by atoms with Crippen molar-refractivity contribution in [2.75, 3.05) is 13.7 Å². The van der Waals surface area contributed by atoms with Crippen molar-refractivity contribution < 1.29 is 9.53 Å². The van der Waals surface area contributed by atoms with E-state index in [-0.39, 0.29) is 5.91 Å². The van der Waals surface area contributed by atoms with Crippen LogP contribution < -0.4 is 4.74 Å². The lowest BCUT2D eigenvalue weighted by Gasteiger charge is -2.27. The van der Waals surface area contributed by atoms with Crippen LogP contribution in [0.15, 0.2) is 48.8 Å². The van der Waals surface area contributed by atoms with E-state index in [4.69, 9.17) is 4.74 Å². The minimum absolute atomic E-state index is 0.0943. The Kier molecular flexibility index (Phi) is 4.07. The molecule has 1 amide bonds. The number of nitrogens with zero attached hydrogens (tertiary/aromatic N) is 5. The lowest BCUT2D eigenvalue weighted by Crippen LogP contribution is -2.37. The zero-order valence-corrected chi connectivity index (χ0v) is 15.7. The Hall–Kier alpha value is -3.22. The Bertz CT molecular complexity index is 1000. The third kappa shape index (κ3) is 2.93. The first-order valence-electron chi connectivity index (χ1n) is 9.55. The molecule has 7 nitrogen and oxygen atoms in total. The maximum absolute atomic E-state index is 13.3. The highest BCUT2D eigenvalue weighted by atomic mass is 16.5. The molecule has 1 aromatic heterocycles. The summed E-state index contributed by atoms with van der Waals surface area (Å²) in [4.78, 5) is 15.3. The number of piperidine rings is 1. The van der Waals surface area contributed by atoms with Crippen LogP contribution in [0.1, 0.15) is 29.6 Å². The van der Waals surface area contributed by atoms with Crippen molar-refractivity contribution in [3.63, 3.8) is 0 Å². The Morgan fingerprint density at radius 2 is 1.96 bits per heavy atom. The molecule has 142 valence electrons. The van der Waals surface area contributed by atoms with Gasteiger partial charge in [0.2, 0.25) is 0 Å². The van der Waals surface area contributed by atoms with Crippen molar-refractivity contribution in [2.45, 2.75) is 25.3 Å². The van der Waals surface area contributed by atoms with Crippen molar-refractivity contribution in [2.24, 2.45) is 5.92 Å². The van der Waals surface area contributed by atoms with Gasteiger partial charge >= 0.3 is 0 Å². The van der Waals surface area contributed by atoms with Crippen LogP contribution in [0.2, 0.25) is 0 Å². The minimum atomic E-state index is 0.0943. The first-order valence-corrected chi connectivity index (χ1v) is 9.55. The van der Waals surface area contributed by atoms with E-state index in [2.05, 4.69) is 15.5 Å². The SMILES string of the molecule is COc1ccc(-c2cc(C(=O)N3CC4CCC3C4)cc(-n3cnnn3)c2)cc1. The average molecular weight is 375 g/mol. The smallest absolute Gasteiger partial charge is 0.254 e. The summed E-state index contributed by atoms with van der Waals surface area (Å²) in [7, 11) is 1.65. The van der Waals surface area contributed by atoms with E-state index in [9.17, 15) is 4.79 Å². The van der Waals surface area contributed by atoms with E-state index >= 15 is 0 Å². The molecular formula is C21H21N5O2. The number of ether oxygens (including phenoxy) is 1. The molecule has 0 spiro atoms. The molecule has 0 radical (unpaired) electrons. The molecule has 5 rings (SSSR count). The molecular weight excluding hydrogens is 354 g/mol. The average Bonchev–Trinajstić information content (AvgIpc) is 3.51. The van der Waals surface area contributed by atoms with E-state index in [1.165, 1.54) is 6.42 Å². The molecule has 2 bridgehead atoms. The predicted molar refractivity (Wildman–Crippen MR) is 103 cm³/mol. The summed E-state index contributed by atoms with van der Waals surface area (Å²) in [5.74, 6) is 1.55. The summed E-state index contributed by atoms with van der Waals surface area (Å²) in [5, 5.41) is 11.4. The van der Waals surface area contributed by atoms with Gasteiger partial charge in [-0.2, -0.15) is 0 Å². The second kappa shape index (κ2) is 6.74. The van der Waals surface area contributed by atoms with Crippen molar-refractivity contribution in [3.8, 4) is 22.6 Å². The Morgan fingerprint density at radius 3 is 2.61 bits per heavy atom. The van der Waals surface area contributed by atoms with Gasteiger partial charge in [-0.05, 0) is 77.1 Å². The summed E-state index contributed by atoms with van der Waals surface area (Å²) in [6, 6.07) is 14.0. The number of hydrogen-bond acceptors (Lipinski definition) is 5. The molecule has 7 heteroatoms. The Balaban J connectivity index is 1.56. The number of rotatable bonds is 4. The highest BCUT2D eigenvalue weighted by Crippen LogP contribution is 2.38. The monoisotopic (exact) mass is 375 g/mol. The fourth-order valence-corrected chi connectivity index (χ4v) is 4.44. The van der Waals surface area contributed by atoms with Crippen LogP contribution in [0.5, 0.6) is 5.75 Å². The third-order valence-corrected chi connectivity index (χ3v) is 5.87. The fourth-order valence-electron chi connectivity index (χ4n) is 4.44. The second-order valence-electron chi connectivity index (χ2n) is 7.54. The molecule has 0 N–H and O–H groups in total. The van der Waals surface area contributed by atoms with Gasteiger partial charge in [-0.3, -0.25) is 4.79 Å². The Morgan fingerprint density at radius 1 is 1.11 bits per heavy atom. The number of carbonyl (C=O) groups is 1. The third-order valence-electron chi connectivity index (χ3n) is 5.87. The van der Waals surface area contributed by atoms with Crippen LogP contribution in [0.25, 0.3) is 16.8 Å². The summed E-state index contributed by atoms with van der Waals surface area (Å²) in [5.41, 5.74) is 3.40. The number of hydrogen-bond donors (Lipinski definition) is 0. The van der Waals surface area contributed by atoms with Gasteiger partial charge in [0.25, 0.3) is 5.91 Å². The first kappa shape index (κ1) is 16.9. The normalized spacial score (nSPS) is 20.5. The van der Waals surface area contributed by atoms with Crippen LogP contribution in [-0.2, 0) is 0 Å². The standard InChI is InChI=1S/C21H21N5O2/c1-28-20-6-3-15(4-7-20)16-9-17(11-19(10-16)26-13-22-23-24-26)21(27)25-12-14-2-5-18(25)8-14/h3-4,6-7,9-11,13-14,18H,2,5,8,12H2,1H3. The molecule has 2 aliphatic rings. The van der Waals surface area contributed by atoms with Crippen LogP contribution in [0.4, 0.5) is 0 Å². The lowest BCUT2D eigenvalue weighted by atomic mass is 10.0. The number of fused-ring (bicyclic) bond motifs is 2. The van der Waals surface area contributed by atoms with E-state index < -0.39 is 0 Å². The van der Waals surface area contributed by atoms with Crippen molar-refractivity contribution >= 4 is 5.91 Å². The van der Waals surface area contributed by atoms with Crippen LogP contribution in [0.3, 0.4) is 0 Å². The topological polar surface area (TPSA) is 73.1 Å². The van der Waals surface area contributed by atoms with Gasteiger partial charge in [0.1, 0.15) is 12.1 Å². The van der Waals surface area contributed by atoms with Gasteiger partial charge in [0.05, 0.1) is 12.8 Å². The fraction of sp³-hybridized carbons (Fsp3) is 0.333. The number of carbonyl (C=O) groups excluding carboxylic acids is 1. The maximum Gasteiger partial charge on any atom is 0.254 e. The highest BCUT2D eigenvalue weighted by molar-refractivity contribution is 5.96. The molecule has 2 aromatic carbocycles. The van der Waals surface area contributed by atoms with E-state index in [0.717, 1.165) is 42.0 Å². The van der Waals surface area contributed by atoms with E-state index in [1.807, 2.05) is 47.4 Å². The molecule has 1 aliphatic heterocycles. The quantitative estimate of drug-likeness (QED) is 0.701. The molecule has 2 fully saturated rings. The van der Waals surface area contributed by atoms with Crippen molar-refractivity contribution in [3.05, 3.63) is 54.4 Å². The Labute approximate surface area is 162 Å². The first-order chi connectivity index (χ1) is 13.7. The molecule has 2 heterocycles. The number of likely N-dealkylation sites (tertiary alicyclic amines) is 1.